The van der Waals surface area contributed by atoms with Gasteiger partial charge in [0.1, 0.15) is 11.5 Å². The zero-order valence-electron chi connectivity index (χ0n) is 17.4. The van der Waals surface area contributed by atoms with E-state index in [1.165, 1.54) is 24.4 Å². The minimum Gasteiger partial charge on any atom is -0.455 e. The van der Waals surface area contributed by atoms with Crippen molar-refractivity contribution in [1.29, 1.82) is 0 Å². The summed E-state index contributed by atoms with van der Waals surface area (Å²) in [5.74, 6) is 0.201. The Morgan fingerprint density at radius 2 is 1.84 bits per heavy atom. The number of carbonyl (C=O) groups excluding carboxylic acids is 1. The van der Waals surface area contributed by atoms with Crippen LogP contribution in [0.15, 0.2) is 73.1 Å². The van der Waals surface area contributed by atoms with Gasteiger partial charge in [0.05, 0.1) is 45.5 Å². The van der Waals surface area contributed by atoms with E-state index in [0.29, 0.717) is 22.7 Å². The number of rotatable bonds is 6. The fourth-order valence-electron chi connectivity index (χ4n) is 3.35. The summed E-state index contributed by atoms with van der Waals surface area (Å²) in [5, 5.41) is 18.6. The van der Waals surface area contributed by atoms with E-state index in [1.807, 2.05) is 30.3 Å². The van der Waals surface area contributed by atoms with Gasteiger partial charge in [-0.1, -0.05) is 18.2 Å². The standard InChI is InChI=1S/C23H19N5O4/c1-15-22(16(2)27(26-15)18-7-4-3-5-8-18)23(29)25-17-11-19(28(30)31)13-21(12-17)32-20-9-6-10-24-14-20/h3-14H,1-2H3,(H,25,29). The van der Waals surface area contributed by atoms with Crippen molar-refractivity contribution in [3.05, 3.63) is 100 Å². The van der Waals surface area contributed by atoms with Crippen molar-refractivity contribution in [2.45, 2.75) is 13.8 Å². The molecule has 0 saturated carbocycles. The van der Waals surface area contributed by atoms with E-state index < -0.39 is 10.8 Å². The Bertz CT molecular complexity index is 1290. The minimum atomic E-state index is -0.546. The maximum atomic E-state index is 13.1. The summed E-state index contributed by atoms with van der Waals surface area (Å²) in [4.78, 5) is 27.9. The van der Waals surface area contributed by atoms with Crippen molar-refractivity contribution >= 4 is 17.3 Å². The number of nitro groups is 1. The summed E-state index contributed by atoms with van der Waals surface area (Å²) in [5.41, 5.74) is 2.44. The van der Waals surface area contributed by atoms with Gasteiger partial charge in [0.2, 0.25) is 0 Å². The predicted octanol–water partition coefficient (Wildman–Crippen LogP) is 4.84. The quantitative estimate of drug-likeness (QED) is 0.347. The molecule has 4 aromatic rings. The van der Waals surface area contributed by atoms with E-state index in [2.05, 4.69) is 15.4 Å². The molecule has 2 aromatic carbocycles. The van der Waals surface area contributed by atoms with Crippen LogP contribution >= 0.6 is 0 Å². The van der Waals surface area contributed by atoms with Crippen LogP contribution in [0.5, 0.6) is 11.5 Å². The van der Waals surface area contributed by atoms with Crippen molar-refractivity contribution in [3.8, 4) is 17.2 Å². The molecule has 0 unspecified atom stereocenters. The number of benzene rings is 2. The first kappa shape index (κ1) is 20.7. The molecule has 0 aliphatic heterocycles. The van der Waals surface area contributed by atoms with Crippen LogP contribution in [-0.4, -0.2) is 25.6 Å². The smallest absolute Gasteiger partial charge is 0.275 e. The lowest BCUT2D eigenvalue weighted by Gasteiger charge is -2.10. The van der Waals surface area contributed by atoms with Crippen molar-refractivity contribution in [2.24, 2.45) is 0 Å². The second kappa shape index (κ2) is 8.68. The van der Waals surface area contributed by atoms with Gasteiger partial charge in [-0.3, -0.25) is 19.9 Å². The highest BCUT2D eigenvalue weighted by molar-refractivity contribution is 6.06. The Morgan fingerprint density at radius 3 is 2.53 bits per heavy atom. The van der Waals surface area contributed by atoms with E-state index in [1.54, 1.807) is 36.9 Å². The molecule has 0 spiro atoms. The fraction of sp³-hybridized carbons (Fsp3) is 0.0870. The Morgan fingerprint density at radius 1 is 1.06 bits per heavy atom. The molecule has 0 aliphatic carbocycles. The first-order valence-electron chi connectivity index (χ1n) is 9.73. The molecule has 32 heavy (non-hydrogen) atoms. The number of nitro benzene ring substituents is 1. The number of aromatic nitrogens is 3. The third-order valence-corrected chi connectivity index (χ3v) is 4.75. The molecule has 1 N–H and O–H groups in total. The molecule has 2 heterocycles. The molecule has 0 bridgehead atoms. The highest BCUT2D eigenvalue weighted by Crippen LogP contribution is 2.30. The zero-order chi connectivity index (χ0) is 22.7. The number of anilines is 1. The Hall–Kier alpha value is -4.53. The largest absolute Gasteiger partial charge is 0.455 e. The van der Waals surface area contributed by atoms with Gasteiger partial charge >= 0.3 is 0 Å². The summed E-state index contributed by atoms with van der Waals surface area (Å²) >= 11 is 0. The summed E-state index contributed by atoms with van der Waals surface area (Å²) < 4.78 is 7.36. The topological polar surface area (TPSA) is 112 Å². The van der Waals surface area contributed by atoms with Gasteiger partial charge in [-0.25, -0.2) is 4.68 Å². The average molecular weight is 429 g/mol. The lowest BCUT2D eigenvalue weighted by atomic mass is 10.1. The third-order valence-electron chi connectivity index (χ3n) is 4.75. The number of hydrogen-bond acceptors (Lipinski definition) is 6. The molecule has 0 atom stereocenters. The summed E-state index contributed by atoms with van der Waals surface area (Å²) in [6.07, 6.45) is 3.08. The van der Waals surface area contributed by atoms with E-state index in [9.17, 15) is 14.9 Å². The van der Waals surface area contributed by atoms with Crippen LogP contribution in [0.3, 0.4) is 0 Å². The molecule has 0 aliphatic rings. The van der Waals surface area contributed by atoms with Gasteiger partial charge in [-0.2, -0.15) is 5.10 Å². The molecule has 2 aromatic heterocycles. The van der Waals surface area contributed by atoms with Gasteiger partial charge in [0.15, 0.2) is 0 Å². The van der Waals surface area contributed by atoms with E-state index in [0.717, 1.165) is 5.69 Å². The number of para-hydroxylation sites is 1. The number of aryl methyl sites for hydroxylation is 1. The molecule has 0 radical (unpaired) electrons. The Labute approximate surface area is 183 Å². The minimum absolute atomic E-state index is 0.205. The molecule has 1 amide bonds. The van der Waals surface area contributed by atoms with Crippen LogP contribution in [0.1, 0.15) is 21.7 Å². The van der Waals surface area contributed by atoms with Crippen molar-refractivity contribution in [1.82, 2.24) is 14.8 Å². The highest BCUT2D eigenvalue weighted by Gasteiger charge is 2.21. The van der Waals surface area contributed by atoms with Gasteiger partial charge in [0, 0.05) is 18.3 Å². The lowest BCUT2D eigenvalue weighted by molar-refractivity contribution is -0.384. The summed E-state index contributed by atoms with van der Waals surface area (Å²) in [7, 11) is 0. The predicted molar refractivity (Wildman–Crippen MR) is 118 cm³/mol. The SMILES string of the molecule is Cc1nn(-c2ccccc2)c(C)c1C(=O)Nc1cc(Oc2cccnc2)cc([N+](=O)[O-])c1. The van der Waals surface area contributed by atoms with Gasteiger partial charge in [-0.05, 0) is 38.1 Å². The second-order valence-corrected chi connectivity index (χ2v) is 7.01. The molecule has 9 nitrogen and oxygen atoms in total. The first-order valence-corrected chi connectivity index (χ1v) is 9.73. The Balaban J connectivity index is 1.65. The molecule has 0 saturated heterocycles. The summed E-state index contributed by atoms with van der Waals surface area (Å²) in [6.45, 7) is 3.54. The Kier molecular flexibility index (Phi) is 5.63. The molecule has 160 valence electrons. The monoisotopic (exact) mass is 429 g/mol. The second-order valence-electron chi connectivity index (χ2n) is 7.01. The number of nitrogens with one attached hydrogen (secondary N) is 1. The maximum absolute atomic E-state index is 13.1. The van der Waals surface area contributed by atoms with E-state index in [-0.39, 0.29) is 17.1 Å². The number of nitrogens with zero attached hydrogens (tertiary/aromatic N) is 4. The van der Waals surface area contributed by atoms with Gasteiger partial charge < -0.3 is 10.1 Å². The van der Waals surface area contributed by atoms with Crippen molar-refractivity contribution in [3.63, 3.8) is 0 Å². The molecular formula is C23H19N5O4. The number of ether oxygens (including phenoxy) is 1. The molecular weight excluding hydrogens is 410 g/mol. The van der Waals surface area contributed by atoms with Gasteiger partial charge in [0.25, 0.3) is 11.6 Å². The van der Waals surface area contributed by atoms with Crippen LogP contribution in [0.4, 0.5) is 11.4 Å². The fourth-order valence-corrected chi connectivity index (χ4v) is 3.35. The normalized spacial score (nSPS) is 10.6. The van der Waals surface area contributed by atoms with E-state index in [4.69, 9.17) is 4.74 Å². The number of carbonyl (C=O) groups is 1. The van der Waals surface area contributed by atoms with Gasteiger partial charge in [-0.15, -0.1) is 0 Å². The lowest BCUT2D eigenvalue weighted by Crippen LogP contribution is -2.14. The number of non-ortho nitro benzene ring substituents is 1. The van der Waals surface area contributed by atoms with Crippen LogP contribution in [-0.2, 0) is 0 Å². The maximum Gasteiger partial charge on any atom is 0.275 e. The third kappa shape index (κ3) is 4.31. The first-order chi connectivity index (χ1) is 15.4. The van der Waals surface area contributed by atoms with Crippen LogP contribution < -0.4 is 10.1 Å². The highest BCUT2D eigenvalue weighted by atomic mass is 16.6. The molecule has 4 rings (SSSR count). The van der Waals surface area contributed by atoms with Crippen LogP contribution in [0.2, 0.25) is 0 Å². The van der Waals surface area contributed by atoms with Crippen molar-refractivity contribution in [2.75, 3.05) is 5.32 Å². The van der Waals surface area contributed by atoms with Crippen LogP contribution in [0, 0.1) is 24.0 Å². The summed E-state index contributed by atoms with van der Waals surface area (Å²) in [6, 6.07) is 16.9. The number of pyridine rings is 1. The molecule has 9 heteroatoms. The number of hydrogen-bond donors (Lipinski definition) is 1. The van der Waals surface area contributed by atoms with E-state index >= 15 is 0 Å². The van der Waals surface area contributed by atoms with Crippen LogP contribution in [0.25, 0.3) is 5.69 Å². The average Bonchev–Trinajstić information content (AvgIpc) is 3.08. The molecule has 0 fully saturated rings. The zero-order valence-corrected chi connectivity index (χ0v) is 17.4. The van der Waals surface area contributed by atoms with Crippen molar-refractivity contribution < 1.29 is 14.5 Å². The number of amides is 1.